The molecule has 0 spiro atoms. The molecule has 3 aromatic rings. The lowest BCUT2D eigenvalue weighted by Gasteiger charge is -2.23. The van der Waals surface area contributed by atoms with Crippen molar-refractivity contribution in [3.8, 4) is 28.7 Å². The lowest BCUT2D eigenvalue weighted by atomic mass is 9.92. The number of pyridine rings is 1. The number of ketones is 1. The molecule has 0 bridgehead atoms. The third-order valence-corrected chi connectivity index (χ3v) is 5.91. The smallest absolute Gasteiger partial charge is 0.203 e. The van der Waals surface area contributed by atoms with Crippen molar-refractivity contribution in [2.24, 2.45) is 4.99 Å². The van der Waals surface area contributed by atoms with Crippen molar-refractivity contribution < 1.29 is 33.7 Å². The van der Waals surface area contributed by atoms with Gasteiger partial charge >= 0.3 is 0 Å². The van der Waals surface area contributed by atoms with Crippen LogP contribution < -0.4 is 29.0 Å². The van der Waals surface area contributed by atoms with Gasteiger partial charge in [-0.1, -0.05) is 0 Å². The van der Waals surface area contributed by atoms with Crippen LogP contribution in [0.1, 0.15) is 28.9 Å². The summed E-state index contributed by atoms with van der Waals surface area (Å²) in [5.74, 6) is 2.35. The number of carbonyl (C=O) groups is 1. The van der Waals surface area contributed by atoms with E-state index in [0.29, 0.717) is 94.4 Å². The lowest BCUT2D eigenvalue weighted by molar-refractivity contribution is 0.0959. The van der Waals surface area contributed by atoms with Gasteiger partial charge in [0.1, 0.15) is 13.2 Å². The molecule has 0 fully saturated rings. The normalized spacial score (nSPS) is 15.4. The van der Waals surface area contributed by atoms with Crippen LogP contribution in [-0.2, 0) is 6.42 Å². The van der Waals surface area contributed by atoms with E-state index in [0.717, 1.165) is 4.73 Å². The van der Waals surface area contributed by atoms with E-state index in [9.17, 15) is 10.0 Å². The zero-order chi connectivity index (χ0) is 23.1. The Labute approximate surface area is 189 Å². The number of carbonyl (C=O) groups excluding carboxylic acids is 1. The quantitative estimate of drug-likeness (QED) is 0.605. The van der Waals surface area contributed by atoms with E-state index < -0.39 is 0 Å². The average Bonchev–Trinajstić information content (AvgIpc) is 2.85. The molecular formula is C24H24N2O7. The monoisotopic (exact) mass is 452 g/mol. The Morgan fingerprint density at radius 2 is 1.61 bits per heavy atom. The highest BCUT2D eigenvalue weighted by Crippen LogP contribution is 2.41. The van der Waals surface area contributed by atoms with Crippen molar-refractivity contribution in [3.05, 3.63) is 40.9 Å². The number of hydrogen-bond donors (Lipinski definition) is 1. The topological polar surface area (TPSA) is 101 Å². The maximum atomic E-state index is 13.0. The molecule has 1 aliphatic heterocycles. The molecule has 1 aromatic heterocycles. The molecule has 1 N–H and O–H groups in total. The average molecular weight is 452 g/mol. The Kier molecular flexibility index (Phi) is 5.24. The number of methoxy groups -OCH3 is 3. The summed E-state index contributed by atoms with van der Waals surface area (Å²) < 4.78 is 28.9. The fraction of sp³-hybridized carbons (Fsp3) is 0.333. The van der Waals surface area contributed by atoms with Gasteiger partial charge in [0.15, 0.2) is 28.8 Å². The number of ether oxygens (including phenoxy) is 5. The minimum Gasteiger partial charge on any atom is -0.493 e. The highest BCUT2D eigenvalue weighted by molar-refractivity contribution is 6.01. The molecule has 2 aliphatic rings. The highest BCUT2D eigenvalue weighted by Gasteiger charge is 2.27. The van der Waals surface area contributed by atoms with Crippen LogP contribution in [0, 0.1) is 0 Å². The first kappa shape index (κ1) is 21.0. The minimum atomic E-state index is -0.0676. The predicted octanol–water partition coefficient (Wildman–Crippen LogP) is 3.43. The van der Waals surface area contributed by atoms with Crippen LogP contribution in [0.3, 0.4) is 0 Å². The van der Waals surface area contributed by atoms with Crippen molar-refractivity contribution in [2.75, 3.05) is 34.5 Å². The number of hydrogen-bond acceptors (Lipinski definition) is 8. The molecule has 172 valence electrons. The van der Waals surface area contributed by atoms with Gasteiger partial charge in [0.05, 0.1) is 49.1 Å². The SMILES string of the molecule is COc1cc(N=c2c3c(n(O)c4cc5c(cc24)OCCO5)CCCC3=O)cc(OC)c1OC. The first-order valence-corrected chi connectivity index (χ1v) is 10.6. The number of benzene rings is 2. The fourth-order valence-electron chi connectivity index (χ4n) is 4.41. The number of Topliss-reactive ketones (excluding diaryl/α,β-unsaturated/α-hetero) is 1. The molecular weight excluding hydrogens is 428 g/mol. The van der Waals surface area contributed by atoms with Crippen LogP contribution in [0.25, 0.3) is 10.9 Å². The standard InChI is InChI=1S/C24H24N2O7/c1-29-20-9-13(10-21(30-2)24(20)31-3)25-23-14-11-18-19(33-8-7-32-18)12-16(14)26(28)15-5-4-6-17(27)22(15)23/h9-12,28H,4-8H2,1-3H3. The fourth-order valence-corrected chi connectivity index (χ4v) is 4.41. The van der Waals surface area contributed by atoms with Crippen molar-refractivity contribution in [1.82, 2.24) is 4.73 Å². The van der Waals surface area contributed by atoms with Gasteiger partial charge < -0.3 is 28.9 Å². The summed E-state index contributed by atoms with van der Waals surface area (Å²) in [7, 11) is 4.59. The summed E-state index contributed by atoms with van der Waals surface area (Å²) in [6.45, 7) is 0.844. The molecule has 33 heavy (non-hydrogen) atoms. The van der Waals surface area contributed by atoms with Gasteiger partial charge in [0.25, 0.3) is 0 Å². The Morgan fingerprint density at radius 1 is 0.939 bits per heavy atom. The van der Waals surface area contributed by atoms with Crippen LogP contribution in [0.15, 0.2) is 29.3 Å². The van der Waals surface area contributed by atoms with E-state index >= 15 is 0 Å². The highest BCUT2D eigenvalue weighted by atomic mass is 16.6. The van der Waals surface area contributed by atoms with Gasteiger partial charge in [-0.3, -0.25) is 4.79 Å². The van der Waals surface area contributed by atoms with Crippen molar-refractivity contribution in [3.63, 3.8) is 0 Å². The van der Waals surface area contributed by atoms with E-state index in [1.807, 2.05) is 0 Å². The molecule has 9 nitrogen and oxygen atoms in total. The molecule has 0 atom stereocenters. The molecule has 2 heterocycles. The maximum absolute atomic E-state index is 13.0. The van der Waals surface area contributed by atoms with Crippen molar-refractivity contribution >= 4 is 22.4 Å². The summed E-state index contributed by atoms with van der Waals surface area (Å²) in [5.41, 5.74) is 1.93. The second kappa shape index (κ2) is 8.23. The van der Waals surface area contributed by atoms with E-state index in [4.69, 9.17) is 28.7 Å². The molecule has 0 unspecified atom stereocenters. The Hall–Kier alpha value is -3.88. The summed E-state index contributed by atoms with van der Waals surface area (Å²) in [6, 6.07) is 6.91. The number of rotatable bonds is 4. The lowest BCUT2D eigenvalue weighted by Crippen LogP contribution is -2.28. The molecule has 5 rings (SSSR count). The van der Waals surface area contributed by atoms with Gasteiger partial charge in [-0.25, -0.2) is 4.99 Å². The zero-order valence-corrected chi connectivity index (χ0v) is 18.6. The van der Waals surface area contributed by atoms with E-state index in [1.54, 1.807) is 24.3 Å². The molecule has 0 saturated carbocycles. The summed E-state index contributed by atoms with van der Waals surface area (Å²) in [5, 5.41) is 12.0. The molecule has 1 aliphatic carbocycles. The van der Waals surface area contributed by atoms with Crippen LogP contribution in [0.2, 0.25) is 0 Å². The van der Waals surface area contributed by atoms with Crippen LogP contribution in [-0.4, -0.2) is 50.3 Å². The van der Waals surface area contributed by atoms with Crippen LogP contribution >= 0.6 is 0 Å². The van der Waals surface area contributed by atoms with Crippen molar-refractivity contribution in [2.45, 2.75) is 19.3 Å². The van der Waals surface area contributed by atoms with E-state index in [1.165, 1.54) is 21.3 Å². The Morgan fingerprint density at radius 3 is 2.24 bits per heavy atom. The third kappa shape index (κ3) is 3.40. The number of aromatic nitrogens is 1. The first-order chi connectivity index (χ1) is 16.0. The van der Waals surface area contributed by atoms with Gasteiger partial charge in [-0.05, 0) is 18.9 Å². The number of fused-ring (bicyclic) bond motifs is 3. The molecule has 0 saturated heterocycles. The Bertz CT molecular complexity index is 1320. The van der Waals surface area contributed by atoms with E-state index in [2.05, 4.69) is 0 Å². The largest absolute Gasteiger partial charge is 0.493 e. The van der Waals surface area contributed by atoms with E-state index in [-0.39, 0.29) is 5.78 Å². The third-order valence-electron chi connectivity index (χ3n) is 5.91. The van der Waals surface area contributed by atoms with Gasteiger partial charge in [0, 0.05) is 30.0 Å². The maximum Gasteiger partial charge on any atom is 0.203 e. The zero-order valence-electron chi connectivity index (χ0n) is 18.6. The van der Waals surface area contributed by atoms with Gasteiger partial charge in [-0.15, -0.1) is 0 Å². The summed E-state index contributed by atoms with van der Waals surface area (Å²) >= 11 is 0. The second-order valence-electron chi connectivity index (χ2n) is 7.77. The van der Waals surface area contributed by atoms with Gasteiger partial charge in [-0.2, -0.15) is 4.73 Å². The molecule has 9 heteroatoms. The van der Waals surface area contributed by atoms with Gasteiger partial charge in [0.2, 0.25) is 5.75 Å². The first-order valence-electron chi connectivity index (χ1n) is 10.6. The number of nitrogens with zero attached hydrogens (tertiary/aromatic N) is 2. The predicted molar refractivity (Wildman–Crippen MR) is 119 cm³/mol. The molecule has 0 radical (unpaired) electrons. The van der Waals surface area contributed by atoms with Crippen LogP contribution in [0.5, 0.6) is 28.7 Å². The Balaban J connectivity index is 1.87. The van der Waals surface area contributed by atoms with Crippen LogP contribution in [0.4, 0.5) is 5.69 Å². The van der Waals surface area contributed by atoms with Crippen molar-refractivity contribution in [1.29, 1.82) is 0 Å². The molecule has 2 aromatic carbocycles. The summed E-state index contributed by atoms with van der Waals surface area (Å²) in [6.07, 6.45) is 1.60. The second-order valence-corrected chi connectivity index (χ2v) is 7.77. The summed E-state index contributed by atoms with van der Waals surface area (Å²) in [4.78, 5) is 17.9. The minimum absolute atomic E-state index is 0.0676. The molecule has 0 amide bonds.